The van der Waals surface area contributed by atoms with E-state index in [0.29, 0.717) is 22.6 Å². The molecule has 2 heterocycles. The highest BCUT2D eigenvalue weighted by molar-refractivity contribution is 9.10. The van der Waals surface area contributed by atoms with E-state index >= 15 is 0 Å². The molecule has 5 aromatic rings. The van der Waals surface area contributed by atoms with Gasteiger partial charge in [-0.25, -0.2) is 9.66 Å². The predicted octanol–water partition coefficient (Wildman–Crippen LogP) is 5.21. The second kappa shape index (κ2) is 8.52. The van der Waals surface area contributed by atoms with Gasteiger partial charge in [0.25, 0.3) is 10.4 Å². The van der Waals surface area contributed by atoms with Crippen LogP contribution in [0.25, 0.3) is 33.7 Å². The summed E-state index contributed by atoms with van der Waals surface area (Å²) in [7, 11) is 0. The molecule has 0 aliphatic rings. The zero-order chi connectivity index (χ0) is 22.1. The molecule has 0 saturated heterocycles. The first-order chi connectivity index (χ1) is 15.6. The number of para-hydroxylation sites is 1. The minimum absolute atomic E-state index is 0.121. The van der Waals surface area contributed by atoms with Crippen molar-refractivity contribution in [3.05, 3.63) is 98.5 Å². The van der Waals surface area contributed by atoms with E-state index in [1.807, 2.05) is 72.8 Å². The fraction of sp³-hybridized carbons (Fsp3) is 0.0435. The molecule has 32 heavy (non-hydrogen) atoms. The molecular formula is C23H16BrN5O2S. The average Bonchev–Trinajstić information content (AvgIpc) is 3.19. The second-order valence-electron chi connectivity index (χ2n) is 6.96. The van der Waals surface area contributed by atoms with Crippen LogP contribution in [0.2, 0.25) is 0 Å². The maximum atomic E-state index is 13.3. The van der Waals surface area contributed by atoms with Crippen LogP contribution >= 0.6 is 28.1 Å². The highest BCUT2D eigenvalue weighted by Gasteiger charge is 2.14. The van der Waals surface area contributed by atoms with Gasteiger partial charge in [0, 0.05) is 15.6 Å². The molecule has 0 aliphatic carbocycles. The molecule has 0 radical (unpaired) electrons. The Morgan fingerprint density at radius 1 is 0.969 bits per heavy atom. The summed E-state index contributed by atoms with van der Waals surface area (Å²) in [6.45, 7) is 0.121. The number of rotatable bonds is 5. The zero-order valence-electron chi connectivity index (χ0n) is 16.6. The minimum atomic E-state index is -0.211. The van der Waals surface area contributed by atoms with Gasteiger partial charge in [-0.3, -0.25) is 10.2 Å². The fourth-order valence-corrected chi connectivity index (χ4v) is 3.93. The lowest BCUT2D eigenvalue weighted by atomic mass is 10.2. The van der Waals surface area contributed by atoms with Crippen LogP contribution in [0.5, 0.6) is 0 Å². The summed E-state index contributed by atoms with van der Waals surface area (Å²) < 4.78 is 9.48. The number of nitrogens with one attached hydrogen (secondary N) is 1. The number of aromatic nitrogens is 4. The smallest absolute Gasteiger partial charge is 0.289 e. The average molecular weight is 506 g/mol. The van der Waals surface area contributed by atoms with E-state index in [-0.39, 0.29) is 17.1 Å². The van der Waals surface area contributed by atoms with Gasteiger partial charge in [-0.05, 0) is 42.5 Å². The third kappa shape index (κ3) is 3.88. The molecule has 0 aliphatic heterocycles. The van der Waals surface area contributed by atoms with Crippen LogP contribution in [0.3, 0.4) is 0 Å². The highest BCUT2D eigenvalue weighted by Crippen LogP contribution is 2.22. The molecule has 9 heteroatoms. The van der Waals surface area contributed by atoms with Crippen LogP contribution in [0.1, 0.15) is 0 Å². The topological polar surface area (TPSA) is 77.9 Å². The first-order valence-corrected chi connectivity index (χ1v) is 11.0. The normalized spacial score (nSPS) is 11.0. The van der Waals surface area contributed by atoms with Crippen molar-refractivity contribution in [3.8, 4) is 22.8 Å². The third-order valence-corrected chi connectivity index (χ3v) is 5.65. The Hall–Kier alpha value is -3.56. The molecule has 1 N–H and O–H groups in total. The predicted molar refractivity (Wildman–Crippen MR) is 129 cm³/mol. The van der Waals surface area contributed by atoms with Crippen molar-refractivity contribution in [2.45, 2.75) is 6.67 Å². The lowest BCUT2D eigenvalue weighted by Gasteiger charge is -2.15. The zero-order valence-corrected chi connectivity index (χ0v) is 19.0. The van der Waals surface area contributed by atoms with Gasteiger partial charge in [-0.15, -0.1) is 5.10 Å². The maximum absolute atomic E-state index is 13.3. The van der Waals surface area contributed by atoms with Crippen molar-refractivity contribution in [2.75, 3.05) is 5.43 Å². The second-order valence-corrected chi connectivity index (χ2v) is 8.22. The minimum Gasteiger partial charge on any atom is -0.409 e. The largest absolute Gasteiger partial charge is 0.409 e. The summed E-state index contributed by atoms with van der Waals surface area (Å²) in [5.41, 5.74) is 5.13. The first-order valence-electron chi connectivity index (χ1n) is 9.75. The molecule has 2 aromatic heterocycles. The summed E-state index contributed by atoms with van der Waals surface area (Å²) >= 11 is 8.78. The van der Waals surface area contributed by atoms with E-state index in [2.05, 4.69) is 26.5 Å². The Kier molecular flexibility index (Phi) is 5.42. The van der Waals surface area contributed by atoms with Crippen LogP contribution in [-0.4, -0.2) is 19.4 Å². The highest BCUT2D eigenvalue weighted by atomic mass is 79.9. The van der Waals surface area contributed by atoms with Crippen LogP contribution in [0.4, 0.5) is 0 Å². The van der Waals surface area contributed by atoms with Crippen molar-refractivity contribution in [1.29, 1.82) is 0 Å². The van der Waals surface area contributed by atoms with Crippen LogP contribution in [0.15, 0.2) is 92.5 Å². The Morgan fingerprint density at radius 3 is 2.53 bits per heavy atom. The van der Waals surface area contributed by atoms with E-state index in [1.165, 1.54) is 9.36 Å². The number of nitrogens with zero attached hydrogens (tertiary/aromatic N) is 4. The van der Waals surface area contributed by atoms with Crippen LogP contribution in [-0.2, 0) is 6.67 Å². The summed E-state index contributed by atoms with van der Waals surface area (Å²) in [4.78, 5) is 18.2. The Morgan fingerprint density at radius 2 is 1.72 bits per heavy atom. The van der Waals surface area contributed by atoms with Crippen LogP contribution in [0, 0.1) is 4.84 Å². The third-order valence-electron chi connectivity index (χ3n) is 4.86. The van der Waals surface area contributed by atoms with Gasteiger partial charge in [0.15, 0.2) is 5.82 Å². The number of halogens is 1. The van der Waals surface area contributed by atoms with Gasteiger partial charge in [0.05, 0.1) is 10.9 Å². The number of hydrogen-bond donors (Lipinski definition) is 1. The van der Waals surface area contributed by atoms with Crippen molar-refractivity contribution in [3.63, 3.8) is 0 Å². The molecule has 0 fully saturated rings. The Balaban J connectivity index is 1.54. The quantitative estimate of drug-likeness (QED) is 0.330. The van der Waals surface area contributed by atoms with Gasteiger partial charge >= 0.3 is 0 Å². The molecule has 7 nitrogen and oxygen atoms in total. The summed E-state index contributed by atoms with van der Waals surface area (Å²) in [5, 5.41) is 4.97. The van der Waals surface area contributed by atoms with E-state index < -0.39 is 0 Å². The van der Waals surface area contributed by atoms with Gasteiger partial charge in [-0.2, -0.15) is 4.68 Å². The van der Waals surface area contributed by atoms with E-state index in [0.717, 1.165) is 15.6 Å². The van der Waals surface area contributed by atoms with Gasteiger partial charge in [0.1, 0.15) is 6.67 Å². The molecular weight excluding hydrogens is 490 g/mol. The molecule has 0 spiro atoms. The molecule has 0 saturated carbocycles. The van der Waals surface area contributed by atoms with Crippen molar-refractivity contribution in [1.82, 2.24) is 19.4 Å². The Bertz CT molecular complexity index is 1540. The molecule has 0 bridgehead atoms. The van der Waals surface area contributed by atoms with Crippen LogP contribution < -0.4 is 11.0 Å². The van der Waals surface area contributed by atoms with E-state index in [9.17, 15) is 4.79 Å². The molecule has 0 atom stereocenters. The van der Waals surface area contributed by atoms with Crippen molar-refractivity contribution < 1.29 is 4.42 Å². The van der Waals surface area contributed by atoms with Crippen molar-refractivity contribution >= 4 is 39.1 Å². The Labute approximate surface area is 196 Å². The van der Waals surface area contributed by atoms with Gasteiger partial charge in [-0.1, -0.05) is 64.5 Å². The SMILES string of the molecule is O=c1c2ccccc2nc(-c2ccccc2)n1NCn1nc(-c2cccc(Br)c2)oc1=S. The van der Waals surface area contributed by atoms with Gasteiger partial charge < -0.3 is 4.42 Å². The maximum Gasteiger partial charge on any atom is 0.289 e. The summed E-state index contributed by atoms with van der Waals surface area (Å²) in [6, 6.07) is 24.4. The monoisotopic (exact) mass is 505 g/mol. The van der Waals surface area contributed by atoms with Gasteiger partial charge in [0.2, 0.25) is 5.89 Å². The summed E-state index contributed by atoms with van der Waals surface area (Å²) in [5.74, 6) is 0.891. The number of hydrogen-bond acceptors (Lipinski definition) is 6. The number of benzene rings is 3. The molecule has 0 unspecified atom stereocenters. The molecule has 158 valence electrons. The fourth-order valence-electron chi connectivity index (χ4n) is 3.34. The summed E-state index contributed by atoms with van der Waals surface area (Å²) in [6.07, 6.45) is 0. The lowest BCUT2D eigenvalue weighted by molar-refractivity contribution is 0.512. The van der Waals surface area contributed by atoms with Crippen molar-refractivity contribution in [2.24, 2.45) is 0 Å². The first kappa shape index (κ1) is 20.3. The van der Waals surface area contributed by atoms with E-state index in [4.69, 9.17) is 21.6 Å². The lowest BCUT2D eigenvalue weighted by Crippen LogP contribution is -2.33. The molecule has 3 aromatic carbocycles. The number of fused-ring (bicyclic) bond motifs is 1. The van der Waals surface area contributed by atoms with E-state index in [1.54, 1.807) is 6.07 Å². The molecule has 5 rings (SSSR count). The molecule has 0 amide bonds. The standard InChI is InChI=1S/C23H16BrN5O2S/c24-17-10-6-9-16(13-17)21-27-28(23(32)31-21)14-25-29-20(15-7-2-1-3-8-15)26-19-12-5-4-11-18(19)22(29)30/h1-13,25H,14H2.